The molecule has 1 atom stereocenters. The third-order valence-corrected chi connectivity index (χ3v) is 4.06. The molecular weight excluding hydrogens is 280 g/mol. The zero-order valence-corrected chi connectivity index (χ0v) is 11.8. The number of hydrogen-bond donors (Lipinski definition) is 0. The zero-order chi connectivity index (χ0) is 12.1. The molecule has 0 aliphatic carbocycles. The summed E-state index contributed by atoms with van der Waals surface area (Å²) in [4.78, 5) is 6.64. The van der Waals surface area contributed by atoms with E-state index in [1.54, 1.807) is 7.11 Å². The van der Waals surface area contributed by atoms with Gasteiger partial charge in [-0.2, -0.15) is 0 Å². The molecule has 1 fully saturated rings. The second kappa shape index (κ2) is 6.24. The van der Waals surface area contributed by atoms with Crippen LogP contribution < -0.4 is 9.64 Å². The fourth-order valence-electron chi connectivity index (χ4n) is 2.37. The second-order valence-corrected chi connectivity index (χ2v) is 5.05. The molecule has 0 spiro atoms. The van der Waals surface area contributed by atoms with Crippen molar-refractivity contribution in [3.05, 3.63) is 18.3 Å². The Morgan fingerprint density at radius 2 is 2.35 bits per heavy atom. The van der Waals surface area contributed by atoms with Gasteiger partial charge in [0.25, 0.3) is 0 Å². The average molecular weight is 299 g/mol. The van der Waals surface area contributed by atoms with Gasteiger partial charge < -0.3 is 9.64 Å². The van der Waals surface area contributed by atoms with Crippen molar-refractivity contribution < 1.29 is 4.74 Å². The summed E-state index contributed by atoms with van der Waals surface area (Å²) in [5.41, 5.74) is 1.23. The van der Waals surface area contributed by atoms with Gasteiger partial charge in [0.15, 0.2) is 0 Å². The van der Waals surface area contributed by atoms with E-state index in [9.17, 15) is 0 Å². The predicted octanol–water partition coefficient (Wildman–Crippen LogP) is 3.23. The highest BCUT2D eigenvalue weighted by Crippen LogP contribution is 2.26. The maximum absolute atomic E-state index is 5.20. The minimum Gasteiger partial charge on any atom is -0.481 e. The van der Waals surface area contributed by atoms with Crippen molar-refractivity contribution >= 4 is 21.6 Å². The van der Waals surface area contributed by atoms with Crippen molar-refractivity contribution in [1.29, 1.82) is 0 Å². The highest BCUT2D eigenvalue weighted by atomic mass is 79.9. The summed E-state index contributed by atoms with van der Waals surface area (Å²) in [5, 5.41) is 1.03. The van der Waals surface area contributed by atoms with E-state index in [0.717, 1.165) is 11.9 Å². The van der Waals surface area contributed by atoms with Crippen LogP contribution >= 0.6 is 15.9 Å². The van der Waals surface area contributed by atoms with Gasteiger partial charge in [-0.3, -0.25) is 0 Å². The molecule has 0 radical (unpaired) electrons. The molecule has 0 aromatic carbocycles. The van der Waals surface area contributed by atoms with Gasteiger partial charge in [-0.25, -0.2) is 4.98 Å². The van der Waals surface area contributed by atoms with E-state index in [-0.39, 0.29) is 0 Å². The molecule has 3 nitrogen and oxygen atoms in total. The number of hydrogen-bond acceptors (Lipinski definition) is 3. The van der Waals surface area contributed by atoms with E-state index in [1.807, 2.05) is 12.3 Å². The maximum Gasteiger partial charge on any atom is 0.214 e. The largest absolute Gasteiger partial charge is 0.481 e. The molecule has 1 saturated heterocycles. The Kier molecular flexibility index (Phi) is 4.66. The average Bonchev–Trinajstić information content (AvgIpc) is 2.63. The standard InChI is InChI=1S/C13H19BrN2O/c1-17-13-9-11(6-7-15-13)16-8-4-2-3-5-12(16)10-14/h6-7,9,12H,2-5,8,10H2,1H3. The molecule has 2 heterocycles. The molecule has 4 heteroatoms. The van der Waals surface area contributed by atoms with Crippen molar-refractivity contribution in [1.82, 2.24) is 4.98 Å². The SMILES string of the molecule is COc1cc(N2CCCCCC2CBr)ccn1. The van der Waals surface area contributed by atoms with Crippen molar-refractivity contribution in [3.8, 4) is 5.88 Å². The summed E-state index contributed by atoms with van der Waals surface area (Å²) in [6, 6.07) is 4.69. The molecular formula is C13H19BrN2O. The van der Waals surface area contributed by atoms with Gasteiger partial charge in [0.1, 0.15) is 0 Å². The number of anilines is 1. The third kappa shape index (κ3) is 3.12. The molecule has 94 valence electrons. The van der Waals surface area contributed by atoms with Crippen molar-refractivity contribution in [3.63, 3.8) is 0 Å². The quantitative estimate of drug-likeness (QED) is 0.801. The highest BCUT2D eigenvalue weighted by molar-refractivity contribution is 9.09. The van der Waals surface area contributed by atoms with Gasteiger partial charge in [0.05, 0.1) is 7.11 Å². The third-order valence-electron chi connectivity index (χ3n) is 3.31. The molecule has 2 rings (SSSR count). The maximum atomic E-state index is 5.20. The van der Waals surface area contributed by atoms with E-state index in [1.165, 1.54) is 31.4 Å². The molecule has 1 unspecified atom stereocenters. The predicted molar refractivity (Wildman–Crippen MR) is 74.2 cm³/mol. The number of halogens is 1. The molecule has 17 heavy (non-hydrogen) atoms. The molecule has 0 saturated carbocycles. The first-order chi connectivity index (χ1) is 8.35. The normalized spacial score (nSPS) is 21.1. The van der Waals surface area contributed by atoms with Crippen molar-refractivity contribution in [2.24, 2.45) is 0 Å². The molecule has 1 aromatic heterocycles. The van der Waals surface area contributed by atoms with Crippen LogP contribution in [-0.2, 0) is 0 Å². The first-order valence-corrected chi connectivity index (χ1v) is 7.30. The van der Waals surface area contributed by atoms with E-state index in [2.05, 4.69) is 31.9 Å². The van der Waals surface area contributed by atoms with Gasteiger partial charge in [0.2, 0.25) is 5.88 Å². The van der Waals surface area contributed by atoms with E-state index < -0.39 is 0 Å². The summed E-state index contributed by atoms with van der Waals surface area (Å²) in [6.45, 7) is 1.13. The molecule has 0 bridgehead atoms. The fourth-order valence-corrected chi connectivity index (χ4v) is 3.04. The van der Waals surface area contributed by atoms with E-state index in [0.29, 0.717) is 11.9 Å². The minimum absolute atomic E-state index is 0.588. The molecule has 1 aromatic rings. The fraction of sp³-hybridized carbons (Fsp3) is 0.615. The molecule has 0 amide bonds. The van der Waals surface area contributed by atoms with Gasteiger partial charge in [-0.15, -0.1) is 0 Å². The van der Waals surface area contributed by atoms with Crippen LogP contribution in [0.5, 0.6) is 5.88 Å². The van der Waals surface area contributed by atoms with Gasteiger partial charge >= 0.3 is 0 Å². The van der Waals surface area contributed by atoms with Crippen LogP contribution in [0, 0.1) is 0 Å². The van der Waals surface area contributed by atoms with Crippen LogP contribution in [0.3, 0.4) is 0 Å². The van der Waals surface area contributed by atoms with Crippen LogP contribution in [0.4, 0.5) is 5.69 Å². The van der Waals surface area contributed by atoms with Crippen LogP contribution in [-0.4, -0.2) is 30.0 Å². The number of aromatic nitrogens is 1. The summed E-state index contributed by atoms with van der Waals surface area (Å²) in [5.74, 6) is 0.695. The lowest BCUT2D eigenvalue weighted by atomic mass is 10.1. The van der Waals surface area contributed by atoms with Gasteiger partial charge in [-0.1, -0.05) is 28.8 Å². The lowest BCUT2D eigenvalue weighted by molar-refractivity contribution is 0.397. The van der Waals surface area contributed by atoms with E-state index in [4.69, 9.17) is 4.74 Å². The Bertz CT molecular complexity index is 359. The Morgan fingerprint density at radius 3 is 3.12 bits per heavy atom. The molecule has 1 aliphatic heterocycles. The van der Waals surface area contributed by atoms with Gasteiger partial charge in [-0.05, 0) is 18.9 Å². The monoisotopic (exact) mass is 298 g/mol. The lowest BCUT2D eigenvalue weighted by Crippen LogP contribution is -2.36. The topological polar surface area (TPSA) is 25.4 Å². The van der Waals surface area contributed by atoms with Crippen molar-refractivity contribution in [2.45, 2.75) is 31.7 Å². The van der Waals surface area contributed by atoms with Crippen LogP contribution in [0.2, 0.25) is 0 Å². The number of nitrogens with zero attached hydrogens (tertiary/aromatic N) is 2. The first kappa shape index (κ1) is 12.7. The highest BCUT2D eigenvalue weighted by Gasteiger charge is 2.20. The number of ether oxygens (including phenoxy) is 1. The minimum atomic E-state index is 0.588. The van der Waals surface area contributed by atoms with Crippen LogP contribution in [0.25, 0.3) is 0 Å². The number of rotatable bonds is 3. The molecule has 1 aliphatic rings. The summed E-state index contributed by atoms with van der Waals surface area (Å²) < 4.78 is 5.20. The van der Waals surface area contributed by atoms with Crippen LogP contribution in [0.1, 0.15) is 25.7 Å². The second-order valence-electron chi connectivity index (χ2n) is 4.41. The number of methoxy groups -OCH3 is 1. The van der Waals surface area contributed by atoms with Gasteiger partial charge in [0, 0.05) is 35.9 Å². The summed E-state index contributed by atoms with van der Waals surface area (Å²) in [7, 11) is 1.66. The summed E-state index contributed by atoms with van der Waals surface area (Å²) in [6.07, 6.45) is 7.02. The Morgan fingerprint density at radius 1 is 1.47 bits per heavy atom. The van der Waals surface area contributed by atoms with Crippen LogP contribution in [0.15, 0.2) is 18.3 Å². The molecule has 0 N–H and O–H groups in total. The lowest BCUT2D eigenvalue weighted by Gasteiger charge is -2.30. The Labute approximate surface area is 111 Å². The van der Waals surface area contributed by atoms with E-state index >= 15 is 0 Å². The Balaban J connectivity index is 2.21. The first-order valence-electron chi connectivity index (χ1n) is 6.18. The number of pyridine rings is 1. The van der Waals surface area contributed by atoms with Crippen molar-refractivity contribution in [2.75, 3.05) is 23.9 Å². The summed E-state index contributed by atoms with van der Waals surface area (Å²) >= 11 is 3.63. The number of alkyl halides is 1. The smallest absolute Gasteiger partial charge is 0.214 e. The Hall–Kier alpha value is -0.770. The zero-order valence-electron chi connectivity index (χ0n) is 10.2.